The fourth-order valence-electron chi connectivity index (χ4n) is 1.06. The molecule has 0 fully saturated rings. The number of hydrogen-bond acceptors (Lipinski definition) is 3. The molecule has 2 N–H and O–H groups in total. The van der Waals surface area contributed by atoms with E-state index in [-0.39, 0.29) is 11.5 Å². The Morgan fingerprint density at radius 3 is 2.05 bits per heavy atom. The lowest BCUT2D eigenvalue weighted by atomic mass is 10.2. The zero-order valence-corrected chi connectivity index (χ0v) is 12.4. The predicted octanol–water partition coefficient (Wildman–Crippen LogP) is 2.03. The van der Waals surface area contributed by atoms with E-state index in [2.05, 4.69) is 23.7 Å². The topological polar surface area (TPSA) is 74.6 Å². The van der Waals surface area contributed by atoms with Crippen molar-refractivity contribution in [3.8, 4) is 23.7 Å². The van der Waals surface area contributed by atoms with E-state index in [9.17, 15) is 8.42 Å². The van der Waals surface area contributed by atoms with Crippen LogP contribution >= 0.6 is 0 Å². The average molecular weight is 294 g/mol. The first-order chi connectivity index (χ1) is 9.41. The standard InChI is InChI=1S/C8H10O.C7H8O3S/c1-2-3-4-5-6-7-8-9;1-6-2-4-7(5-3-6)11(8,9)10/h9H,2,5,8H2,1H3;2-5H,1H3,(H,8,9,10). The summed E-state index contributed by atoms with van der Waals surface area (Å²) in [4.78, 5) is -0.0666. The third kappa shape index (κ3) is 9.18. The van der Waals surface area contributed by atoms with E-state index in [0.717, 1.165) is 12.0 Å². The second-order valence-electron chi connectivity index (χ2n) is 3.68. The lowest BCUT2D eigenvalue weighted by Gasteiger charge is -1.95. The number of rotatable bonds is 1. The predicted molar refractivity (Wildman–Crippen MR) is 78.5 cm³/mol. The molecule has 5 heteroatoms. The van der Waals surface area contributed by atoms with Gasteiger partial charge in [-0.2, -0.15) is 8.42 Å². The van der Waals surface area contributed by atoms with Crippen molar-refractivity contribution in [2.75, 3.05) is 6.61 Å². The van der Waals surface area contributed by atoms with Gasteiger partial charge in [-0.25, -0.2) is 0 Å². The Labute approximate surface area is 120 Å². The van der Waals surface area contributed by atoms with Gasteiger partial charge in [0.05, 0.1) is 11.3 Å². The lowest BCUT2D eigenvalue weighted by molar-refractivity contribution is 0.350. The molecule has 0 saturated heterocycles. The summed E-state index contributed by atoms with van der Waals surface area (Å²) in [7, 11) is -4.02. The van der Waals surface area contributed by atoms with E-state index in [1.807, 2.05) is 13.8 Å². The molecule has 0 atom stereocenters. The number of aliphatic hydroxyl groups excluding tert-OH is 1. The normalized spacial score (nSPS) is 9.20. The largest absolute Gasteiger partial charge is 0.384 e. The Hall–Kier alpha value is -1.79. The van der Waals surface area contributed by atoms with Crippen LogP contribution in [-0.2, 0) is 10.1 Å². The SMILES string of the molecule is CCC#CCC#CCO.Cc1ccc(S(=O)(=O)O)cc1. The highest BCUT2D eigenvalue weighted by Crippen LogP contribution is 2.08. The van der Waals surface area contributed by atoms with Gasteiger partial charge in [0.2, 0.25) is 0 Å². The molecule has 0 bridgehead atoms. The zero-order chi connectivity index (χ0) is 15.4. The fourth-order valence-corrected chi connectivity index (χ4v) is 1.54. The summed E-state index contributed by atoms with van der Waals surface area (Å²) in [5.41, 5.74) is 0.956. The minimum Gasteiger partial charge on any atom is -0.384 e. The highest BCUT2D eigenvalue weighted by atomic mass is 32.2. The Bertz CT molecular complexity index is 588. The third-order valence-corrected chi connectivity index (χ3v) is 2.87. The van der Waals surface area contributed by atoms with Crippen molar-refractivity contribution in [1.82, 2.24) is 0 Å². The van der Waals surface area contributed by atoms with Crippen LogP contribution in [0.1, 0.15) is 25.3 Å². The minimum absolute atomic E-state index is 0.0617. The zero-order valence-electron chi connectivity index (χ0n) is 11.5. The molecule has 0 amide bonds. The molecule has 0 unspecified atom stereocenters. The third-order valence-electron chi connectivity index (χ3n) is 2.00. The van der Waals surface area contributed by atoms with Crippen molar-refractivity contribution in [1.29, 1.82) is 0 Å². The maximum atomic E-state index is 10.5. The molecule has 4 nitrogen and oxygen atoms in total. The average Bonchev–Trinajstić information content (AvgIpc) is 2.39. The molecule has 0 aliphatic heterocycles. The van der Waals surface area contributed by atoms with Crippen LogP contribution in [-0.4, -0.2) is 24.7 Å². The molecule has 0 spiro atoms. The second kappa shape index (κ2) is 10.1. The second-order valence-corrected chi connectivity index (χ2v) is 5.11. The number of aryl methyl sites for hydroxylation is 1. The molecular weight excluding hydrogens is 276 g/mol. The Morgan fingerprint density at radius 2 is 1.60 bits per heavy atom. The number of hydrogen-bond donors (Lipinski definition) is 2. The van der Waals surface area contributed by atoms with Gasteiger partial charge in [0.15, 0.2) is 0 Å². The van der Waals surface area contributed by atoms with Gasteiger partial charge >= 0.3 is 0 Å². The summed E-state index contributed by atoms with van der Waals surface area (Å²) in [6.07, 6.45) is 1.45. The van der Waals surface area contributed by atoms with Crippen molar-refractivity contribution < 1.29 is 18.1 Å². The fraction of sp³-hybridized carbons (Fsp3) is 0.333. The van der Waals surface area contributed by atoms with Crippen LogP contribution in [0.15, 0.2) is 29.2 Å². The van der Waals surface area contributed by atoms with Crippen LogP contribution in [0.3, 0.4) is 0 Å². The molecular formula is C15H18O4S. The molecule has 0 radical (unpaired) electrons. The summed E-state index contributed by atoms with van der Waals surface area (Å²) >= 11 is 0. The van der Waals surface area contributed by atoms with Gasteiger partial charge in [-0.3, -0.25) is 4.55 Å². The van der Waals surface area contributed by atoms with Crippen molar-refractivity contribution >= 4 is 10.1 Å². The number of benzene rings is 1. The van der Waals surface area contributed by atoms with Crippen LogP contribution in [0.2, 0.25) is 0 Å². The van der Waals surface area contributed by atoms with Gasteiger partial charge in [0.1, 0.15) is 6.61 Å². The number of aliphatic hydroxyl groups is 1. The molecule has 1 aromatic carbocycles. The molecule has 108 valence electrons. The first-order valence-corrected chi connectivity index (χ1v) is 7.42. The Balaban J connectivity index is 0.000000370. The molecule has 0 aliphatic carbocycles. The van der Waals surface area contributed by atoms with Crippen molar-refractivity contribution in [2.45, 2.75) is 31.6 Å². The van der Waals surface area contributed by atoms with Crippen LogP contribution in [0, 0.1) is 30.6 Å². The summed E-state index contributed by atoms with van der Waals surface area (Å²) in [5.74, 6) is 10.9. The highest BCUT2D eigenvalue weighted by Gasteiger charge is 2.06. The minimum atomic E-state index is -4.02. The smallest absolute Gasteiger partial charge is 0.294 e. The molecule has 0 saturated carbocycles. The molecule has 20 heavy (non-hydrogen) atoms. The van der Waals surface area contributed by atoms with Gasteiger partial charge in [0.25, 0.3) is 10.1 Å². The van der Waals surface area contributed by atoms with E-state index in [1.165, 1.54) is 12.1 Å². The highest BCUT2D eigenvalue weighted by molar-refractivity contribution is 7.85. The maximum absolute atomic E-state index is 10.5. The van der Waals surface area contributed by atoms with Crippen LogP contribution in [0.5, 0.6) is 0 Å². The van der Waals surface area contributed by atoms with Gasteiger partial charge in [-0.05, 0) is 19.1 Å². The van der Waals surface area contributed by atoms with Gasteiger partial charge in [0, 0.05) is 6.42 Å². The van der Waals surface area contributed by atoms with Gasteiger partial charge in [-0.1, -0.05) is 42.4 Å². The van der Waals surface area contributed by atoms with Crippen molar-refractivity contribution in [2.24, 2.45) is 0 Å². The summed E-state index contributed by atoms with van der Waals surface area (Å²) in [6.45, 7) is 3.77. The van der Waals surface area contributed by atoms with E-state index in [1.54, 1.807) is 12.1 Å². The van der Waals surface area contributed by atoms with E-state index in [4.69, 9.17) is 9.66 Å². The van der Waals surface area contributed by atoms with Crippen LogP contribution in [0.4, 0.5) is 0 Å². The van der Waals surface area contributed by atoms with Crippen LogP contribution in [0.25, 0.3) is 0 Å². The van der Waals surface area contributed by atoms with Crippen molar-refractivity contribution in [3.05, 3.63) is 29.8 Å². The monoisotopic (exact) mass is 294 g/mol. The summed E-state index contributed by atoms with van der Waals surface area (Å²) in [5, 5.41) is 8.20. The molecule has 1 aromatic rings. The summed E-state index contributed by atoms with van der Waals surface area (Å²) < 4.78 is 29.6. The van der Waals surface area contributed by atoms with Crippen molar-refractivity contribution in [3.63, 3.8) is 0 Å². The Kier molecular flexibility index (Phi) is 9.15. The molecule has 0 aliphatic rings. The molecule has 0 heterocycles. The van der Waals surface area contributed by atoms with Crippen LogP contribution < -0.4 is 0 Å². The molecule has 0 aromatic heterocycles. The maximum Gasteiger partial charge on any atom is 0.294 e. The van der Waals surface area contributed by atoms with E-state index in [0.29, 0.717) is 6.42 Å². The van der Waals surface area contributed by atoms with E-state index < -0.39 is 10.1 Å². The summed E-state index contributed by atoms with van der Waals surface area (Å²) in [6, 6.07) is 5.99. The quantitative estimate of drug-likeness (QED) is 0.614. The Morgan fingerprint density at radius 1 is 1.05 bits per heavy atom. The van der Waals surface area contributed by atoms with E-state index >= 15 is 0 Å². The molecule has 1 rings (SSSR count). The van der Waals surface area contributed by atoms with Gasteiger partial charge in [-0.15, -0.1) is 5.92 Å². The first-order valence-electron chi connectivity index (χ1n) is 5.98. The van der Waals surface area contributed by atoms with Gasteiger partial charge < -0.3 is 5.11 Å². The first kappa shape index (κ1) is 18.2. The lowest BCUT2D eigenvalue weighted by Crippen LogP contribution is -1.96.